The Bertz CT molecular complexity index is 432. The van der Waals surface area contributed by atoms with Crippen molar-refractivity contribution in [3.8, 4) is 0 Å². The molecule has 0 fully saturated rings. The molecule has 0 unspecified atom stereocenters. The first-order chi connectivity index (χ1) is 6.29. The van der Waals surface area contributed by atoms with E-state index in [4.69, 9.17) is 11.6 Å². The maximum atomic E-state index is 5.89. The summed E-state index contributed by atoms with van der Waals surface area (Å²) in [6, 6.07) is 12.5. The van der Waals surface area contributed by atoms with Crippen LogP contribution >= 0.6 is 11.6 Å². The molecule has 2 rings (SSSR count). The lowest BCUT2D eigenvalue weighted by atomic mass is 10.1. The van der Waals surface area contributed by atoms with Gasteiger partial charge in [-0.3, -0.25) is 0 Å². The van der Waals surface area contributed by atoms with Crippen LogP contribution in [0.5, 0.6) is 0 Å². The van der Waals surface area contributed by atoms with E-state index in [9.17, 15) is 0 Å². The second-order valence-corrected chi connectivity index (χ2v) is 3.62. The Morgan fingerprint density at radius 1 is 1.00 bits per heavy atom. The molecule has 66 valence electrons. The maximum Gasteiger partial charge on any atom is 0.0412 e. The first-order valence-corrected chi connectivity index (χ1v) is 4.85. The largest absolute Gasteiger partial charge is 0.0843 e. The molecule has 0 amide bonds. The minimum absolute atomic E-state index is 0.803. The summed E-state index contributed by atoms with van der Waals surface area (Å²) in [5.74, 6) is 0. The molecule has 0 saturated heterocycles. The van der Waals surface area contributed by atoms with E-state index in [-0.39, 0.29) is 0 Å². The van der Waals surface area contributed by atoms with E-state index < -0.39 is 0 Å². The third-order valence-electron chi connectivity index (χ3n) is 2.27. The van der Waals surface area contributed by atoms with E-state index in [2.05, 4.69) is 31.2 Å². The molecule has 0 heterocycles. The Kier molecular flexibility index (Phi) is 2.24. The van der Waals surface area contributed by atoms with Crippen LogP contribution in [-0.4, -0.2) is 0 Å². The third-order valence-corrected chi connectivity index (χ3v) is 2.51. The molecule has 0 aliphatic carbocycles. The third kappa shape index (κ3) is 1.68. The minimum atomic E-state index is 0.803. The van der Waals surface area contributed by atoms with Gasteiger partial charge in [-0.25, -0.2) is 0 Å². The average Bonchev–Trinajstić information content (AvgIpc) is 2.17. The van der Waals surface area contributed by atoms with Crippen molar-refractivity contribution in [1.82, 2.24) is 0 Å². The SMILES string of the molecule is CCc1ccc2cc(Cl)ccc2c1. The first-order valence-electron chi connectivity index (χ1n) is 4.48. The van der Waals surface area contributed by atoms with Gasteiger partial charge in [-0.1, -0.05) is 42.8 Å². The second kappa shape index (κ2) is 3.39. The molecule has 0 spiro atoms. The summed E-state index contributed by atoms with van der Waals surface area (Å²) >= 11 is 5.89. The fraction of sp³-hybridized carbons (Fsp3) is 0.167. The standard InChI is InChI=1S/C12H11Cl/c1-2-9-3-4-11-8-12(13)6-5-10(11)7-9/h3-8H,2H2,1H3. The van der Waals surface area contributed by atoms with Crippen LogP contribution in [0.4, 0.5) is 0 Å². The van der Waals surface area contributed by atoms with E-state index in [1.54, 1.807) is 0 Å². The molecule has 0 aliphatic rings. The van der Waals surface area contributed by atoms with Gasteiger partial charge in [0, 0.05) is 5.02 Å². The van der Waals surface area contributed by atoms with Crippen LogP contribution in [0, 0.1) is 0 Å². The molecule has 0 saturated carbocycles. The second-order valence-electron chi connectivity index (χ2n) is 3.18. The van der Waals surface area contributed by atoms with E-state index in [1.165, 1.54) is 16.3 Å². The van der Waals surface area contributed by atoms with Gasteiger partial charge in [-0.2, -0.15) is 0 Å². The van der Waals surface area contributed by atoms with Crippen LogP contribution < -0.4 is 0 Å². The molecule has 2 aromatic carbocycles. The Balaban J connectivity index is 2.66. The van der Waals surface area contributed by atoms with Crippen molar-refractivity contribution in [2.24, 2.45) is 0 Å². The molecule has 0 radical (unpaired) electrons. The predicted molar refractivity (Wildman–Crippen MR) is 58.3 cm³/mol. The summed E-state index contributed by atoms with van der Waals surface area (Å²) in [5.41, 5.74) is 1.37. The highest BCUT2D eigenvalue weighted by Gasteiger charge is 1.95. The topological polar surface area (TPSA) is 0 Å². The number of benzene rings is 2. The fourth-order valence-corrected chi connectivity index (χ4v) is 1.67. The van der Waals surface area contributed by atoms with Gasteiger partial charge in [0.2, 0.25) is 0 Å². The molecule has 0 aliphatic heterocycles. The number of rotatable bonds is 1. The monoisotopic (exact) mass is 190 g/mol. The van der Waals surface area contributed by atoms with Crippen molar-refractivity contribution in [2.45, 2.75) is 13.3 Å². The maximum absolute atomic E-state index is 5.89. The molecular weight excluding hydrogens is 180 g/mol. The van der Waals surface area contributed by atoms with Crippen molar-refractivity contribution < 1.29 is 0 Å². The van der Waals surface area contributed by atoms with Crippen LogP contribution in [-0.2, 0) is 6.42 Å². The normalized spacial score (nSPS) is 10.6. The van der Waals surface area contributed by atoms with Crippen LogP contribution in [0.2, 0.25) is 5.02 Å². The highest BCUT2D eigenvalue weighted by molar-refractivity contribution is 6.31. The zero-order chi connectivity index (χ0) is 9.26. The Hall–Kier alpha value is -1.01. The molecule has 2 aromatic rings. The molecule has 0 N–H and O–H groups in total. The Labute approximate surface area is 83.1 Å². The van der Waals surface area contributed by atoms with E-state index in [0.717, 1.165) is 11.4 Å². The highest BCUT2D eigenvalue weighted by Crippen LogP contribution is 2.20. The smallest absolute Gasteiger partial charge is 0.0412 e. The molecule has 0 bridgehead atoms. The van der Waals surface area contributed by atoms with E-state index in [1.807, 2.05) is 12.1 Å². The summed E-state index contributed by atoms with van der Waals surface area (Å²) in [7, 11) is 0. The lowest BCUT2D eigenvalue weighted by molar-refractivity contribution is 1.15. The van der Waals surface area contributed by atoms with Crippen molar-refractivity contribution in [3.63, 3.8) is 0 Å². The molecule has 1 heteroatoms. The van der Waals surface area contributed by atoms with Crippen LogP contribution in [0.25, 0.3) is 10.8 Å². The van der Waals surface area contributed by atoms with Crippen molar-refractivity contribution in [1.29, 1.82) is 0 Å². The summed E-state index contributed by atoms with van der Waals surface area (Å²) in [4.78, 5) is 0. The van der Waals surface area contributed by atoms with E-state index in [0.29, 0.717) is 0 Å². The van der Waals surface area contributed by atoms with Gasteiger partial charge in [-0.15, -0.1) is 0 Å². The number of aryl methyl sites for hydroxylation is 1. The van der Waals surface area contributed by atoms with Crippen molar-refractivity contribution in [3.05, 3.63) is 47.0 Å². The van der Waals surface area contributed by atoms with Gasteiger partial charge in [0.25, 0.3) is 0 Å². The van der Waals surface area contributed by atoms with Gasteiger partial charge < -0.3 is 0 Å². The summed E-state index contributed by atoms with van der Waals surface area (Å²) in [6.07, 6.45) is 1.08. The van der Waals surface area contributed by atoms with Gasteiger partial charge in [0.15, 0.2) is 0 Å². The molecule has 0 nitrogen and oxygen atoms in total. The van der Waals surface area contributed by atoms with Gasteiger partial charge in [-0.05, 0) is 34.9 Å². The molecule has 0 aromatic heterocycles. The summed E-state index contributed by atoms with van der Waals surface area (Å²) in [5, 5.41) is 3.28. The van der Waals surface area contributed by atoms with E-state index >= 15 is 0 Å². The Morgan fingerprint density at radius 2 is 1.69 bits per heavy atom. The highest BCUT2D eigenvalue weighted by atomic mass is 35.5. The summed E-state index contributed by atoms with van der Waals surface area (Å²) in [6.45, 7) is 2.16. The lowest BCUT2D eigenvalue weighted by Gasteiger charge is -2.01. The quantitative estimate of drug-likeness (QED) is 0.637. The van der Waals surface area contributed by atoms with Crippen LogP contribution in [0.15, 0.2) is 36.4 Å². The van der Waals surface area contributed by atoms with Crippen LogP contribution in [0.3, 0.4) is 0 Å². The molecule has 13 heavy (non-hydrogen) atoms. The predicted octanol–water partition coefficient (Wildman–Crippen LogP) is 4.06. The first kappa shape index (κ1) is 8.58. The van der Waals surface area contributed by atoms with Gasteiger partial charge >= 0.3 is 0 Å². The number of halogens is 1. The lowest BCUT2D eigenvalue weighted by Crippen LogP contribution is -1.79. The average molecular weight is 191 g/mol. The van der Waals surface area contributed by atoms with Gasteiger partial charge in [0.05, 0.1) is 0 Å². The zero-order valence-electron chi connectivity index (χ0n) is 7.55. The Morgan fingerprint density at radius 3 is 2.46 bits per heavy atom. The van der Waals surface area contributed by atoms with Crippen LogP contribution in [0.1, 0.15) is 12.5 Å². The zero-order valence-corrected chi connectivity index (χ0v) is 8.31. The summed E-state index contributed by atoms with van der Waals surface area (Å²) < 4.78 is 0. The molecular formula is C12H11Cl. The minimum Gasteiger partial charge on any atom is -0.0843 e. The van der Waals surface area contributed by atoms with Crippen molar-refractivity contribution >= 4 is 22.4 Å². The van der Waals surface area contributed by atoms with Gasteiger partial charge in [0.1, 0.15) is 0 Å². The molecule has 0 atom stereocenters. The number of hydrogen-bond acceptors (Lipinski definition) is 0. The number of fused-ring (bicyclic) bond motifs is 1. The number of hydrogen-bond donors (Lipinski definition) is 0. The van der Waals surface area contributed by atoms with Crippen molar-refractivity contribution in [2.75, 3.05) is 0 Å². The fourth-order valence-electron chi connectivity index (χ4n) is 1.49.